The van der Waals surface area contributed by atoms with E-state index in [0.717, 1.165) is 39.0 Å². The number of hydrogen-bond donors (Lipinski definition) is 0. The highest BCUT2D eigenvalue weighted by atomic mass is 32.1. The number of fused-ring (bicyclic) bond motifs is 8. The van der Waals surface area contributed by atoms with Gasteiger partial charge in [0.25, 0.3) is 0 Å². The third-order valence-corrected chi connectivity index (χ3v) is 12.2. The van der Waals surface area contributed by atoms with E-state index in [0.29, 0.717) is 0 Å². The second-order valence-electron chi connectivity index (χ2n) is 14.1. The smallest absolute Gasteiger partial charge is 0.137 e. The van der Waals surface area contributed by atoms with E-state index in [9.17, 15) is 0 Å². The third-order valence-electron chi connectivity index (χ3n) is 10.9. The Bertz CT molecular complexity index is 3190. The predicted octanol–water partition coefficient (Wildman–Crippen LogP) is 15.6. The second-order valence-corrected chi connectivity index (χ2v) is 15.1. The number of hydrogen-bond acceptors (Lipinski definition) is 3. The molecule has 0 aliphatic rings. The highest BCUT2D eigenvalue weighted by Gasteiger charge is 2.21. The maximum atomic E-state index is 6.44. The van der Waals surface area contributed by atoms with Gasteiger partial charge in [0.2, 0.25) is 0 Å². The van der Waals surface area contributed by atoms with Crippen LogP contribution in [0.3, 0.4) is 0 Å². The molecule has 2 aromatic heterocycles. The van der Waals surface area contributed by atoms with Crippen molar-refractivity contribution < 1.29 is 4.42 Å². The van der Waals surface area contributed by atoms with Crippen LogP contribution in [0.2, 0.25) is 0 Å². The number of para-hydroxylation sites is 1. The first-order valence-electron chi connectivity index (χ1n) is 18.7. The van der Waals surface area contributed by atoms with Gasteiger partial charge in [-0.1, -0.05) is 152 Å². The Morgan fingerprint density at radius 1 is 0.345 bits per heavy atom. The third kappa shape index (κ3) is 5.32. The fraction of sp³-hybridized carbons (Fsp3) is 0. The molecule has 0 saturated carbocycles. The van der Waals surface area contributed by atoms with Gasteiger partial charge in [-0.25, -0.2) is 0 Å². The zero-order valence-electron chi connectivity index (χ0n) is 29.8. The van der Waals surface area contributed by atoms with Gasteiger partial charge in [-0.15, -0.1) is 11.3 Å². The van der Waals surface area contributed by atoms with Crippen molar-refractivity contribution in [3.8, 4) is 33.4 Å². The van der Waals surface area contributed by atoms with Gasteiger partial charge in [0.15, 0.2) is 0 Å². The van der Waals surface area contributed by atoms with Crippen molar-refractivity contribution in [1.29, 1.82) is 0 Å². The van der Waals surface area contributed by atoms with Crippen molar-refractivity contribution in [2.24, 2.45) is 0 Å². The second kappa shape index (κ2) is 12.9. The number of furan rings is 1. The lowest BCUT2D eigenvalue weighted by Crippen LogP contribution is -2.10. The number of rotatable bonds is 6. The minimum atomic E-state index is 0.877. The normalized spacial score (nSPS) is 11.6. The monoisotopic (exact) mass is 719 g/mol. The summed E-state index contributed by atoms with van der Waals surface area (Å²) in [6.07, 6.45) is 0. The zero-order valence-corrected chi connectivity index (χ0v) is 30.6. The Labute approximate surface area is 322 Å². The first-order valence-corrected chi connectivity index (χ1v) is 19.5. The Hall–Kier alpha value is -6.94. The topological polar surface area (TPSA) is 16.4 Å². The largest absolute Gasteiger partial charge is 0.456 e. The van der Waals surface area contributed by atoms with Crippen molar-refractivity contribution in [2.75, 3.05) is 4.90 Å². The molecule has 0 unspecified atom stereocenters. The van der Waals surface area contributed by atoms with E-state index in [1.807, 2.05) is 23.5 Å². The molecule has 0 atom stereocenters. The summed E-state index contributed by atoms with van der Waals surface area (Å²) in [7, 11) is 0. The lowest BCUT2D eigenvalue weighted by molar-refractivity contribution is 0.669. The minimum Gasteiger partial charge on any atom is -0.456 e. The summed E-state index contributed by atoms with van der Waals surface area (Å²) in [6, 6.07) is 72.1. The maximum Gasteiger partial charge on any atom is 0.137 e. The summed E-state index contributed by atoms with van der Waals surface area (Å²) in [5, 5.41) is 7.36. The molecule has 0 saturated heterocycles. The highest BCUT2D eigenvalue weighted by Crippen LogP contribution is 2.47. The summed E-state index contributed by atoms with van der Waals surface area (Å²) in [6.45, 7) is 0. The van der Waals surface area contributed by atoms with E-state index in [4.69, 9.17) is 4.42 Å². The molecular formula is C52H33NOS. The average molecular weight is 720 g/mol. The molecule has 3 heteroatoms. The highest BCUT2D eigenvalue weighted by molar-refractivity contribution is 7.27. The standard InChI is InChI=1S/C52H33NOS/c1-3-12-35(13-4-1)41-29-25-38(32-47(41)36-14-5-2-6-15-36)34-22-26-39(27-23-34)53(40-28-31-44-43-18-9-10-21-49(43)54-50(44)33-40)48-20-11-19-45-46-30-24-37-16-7-8-17-42(37)51(46)55-52(45)48/h1-33H. The van der Waals surface area contributed by atoms with Crippen molar-refractivity contribution in [2.45, 2.75) is 0 Å². The fourth-order valence-electron chi connectivity index (χ4n) is 8.22. The Morgan fingerprint density at radius 2 is 0.964 bits per heavy atom. The van der Waals surface area contributed by atoms with Crippen LogP contribution in [0.1, 0.15) is 0 Å². The molecule has 2 nitrogen and oxygen atoms in total. The summed E-state index contributed by atoms with van der Waals surface area (Å²) in [4.78, 5) is 2.39. The first kappa shape index (κ1) is 31.6. The van der Waals surface area contributed by atoms with Crippen molar-refractivity contribution in [3.63, 3.8) is 0 Å². The molecule has 0 aliphatic heterocycles. The Kier molecular flexibility index (Phi) is 7.39. The molecule has 9 aromatic carbocycles. The summed E-state index contributed by atoms with van der Waals surface area (Å²) >= 11 is 1.88. The molecule has 0 fully saturated rings. The van der Waals surface area contributed by atoms with Gasteiger partial charge in [-0.2, -0.15) is 0 Å². The molecule has 0 spiro atoms. The first-order chi connectivity index (χ1) is 27.3. The fourth-order valence-corrected chi connectivity index (χ4v) is 9.56. The van der Waals surface area contributed by atoms with Gasteiger partial charge < -0.3 is 9.32 Å². The lowest BCUT2D eigenvalue weighted by atomic mass is 9.91. The van der Waals surface area contributed by atoms with Crippen LogP contribution in [0.5, 0.6) is 0 Å². The zero-order chi connectivity index (χ0) is 36.3. The lowest BCUT2D eigenvalue weighted by Gasteiger charge is -2.26. The molecule has 0 aliphatic carbocycles. The van der Waals surface area contributed by atoms with E-state index in [1.165, 1.54) is 64.3 Å². The minimum absolute atomic E-state index is 0.877. The quantitative estimate of drug-likeness (QED) is 0.170. The average Bonchev–Trinajstić information content (AvgIpc) is 3.83. The van der Waals surface area contributed by atoms with Crippen LogP contribution in [0.15, 0.2) is 205 Å². The molecular weight excluding hydrogens is 687 g/mol. The Balaban J connectivity index is 1.08. The van der Waals surface area contributed by atoms with Crippen molar-refractivity contribution >= 4 is 81.3 Å². The van der Waals surface area contributed by atoms with E-state index >= 15 is 0 Å². The van der Waals surface area contributed by atoms with Crippen molar-refractivity contribution in [3.05, 3.63) is 200 Å². The van der Waals surface area contributed by atoms with E-state index in [2.05, 4.69) is 193 Å². The van der Waals surface area contributed by atoms with Crippen LogP contribution >= 0.6 is 11.3 Å². The predicted molar refractivity (Wildman–Crippen MR) is 235 cm³/mol. The van der Waals surface area contributed by atoms with E-state index in [1.54, 1.807) is 0 Å². The maximum absolute atomic E-state index is 6.44. The molecule has 2 heterocycles. The van der Waals surface area contributed by atoms with Crippen LogP contribution in [0.25, 0.3) is 86.3 Å². The SMILES string of the molecule is c1ccc(-c2ccc(-c3ccc(N(c4ccc5c(c4)oc4ccccc45)c4cccc5c4sc4c6ccccc6ccc54)cc3)cc2-c2ccccc2)cc1. The molecule has 0 amide bonds. The van der Waals surface area contributed by atoms with Gasteiger partial charge >= 0.3 is 0 Å². The van der Waals surface area contributed by atoms with Crippen LogP contribution in [-0.4, -0.2) is 0 Å². The number of nitrogens with zero attached hydrogens (tertiary/aromatic N) is 1. The molecule has 0 bridgehead atoms. The number of anilines is 3. The van der Waals surface area contributed by atoms with Crippen LogP contribution in [0, 0.1) is 0 Å². The molecule has 11 aromatic rings. The summed E-state index contributed by atoms with van der Waals surface area (Å²) in [5.41, 5.74) is 12.3. The van der Waals surface area contributed by atoms with E-state index in [-0.39, 0.29) is 0 Å². The molecule has 0 N–H and O–H groups in total. The number of thiophene rings is 1. The molecule has 55 heavy (non-hydrogen) atoms. The summed E-state index contributed by atoms with van der Waals surface area (Å²) in [5.74, 6) is 0. The summed E-state index contributed by atoms with van der Waals surface area (Å²) < 4.78 is 9.01. The van der Waals surface area contributed by atoms with Gasteiger partial charge in [0.05, 0.1) is 10.4 Å². The van der Waals surface area contributed by atoms with Crippen LogP contribution < -0.4 is 4.90 Å². The van der Waals surface area contributed by atoms with E-state index < -0.39 is 0 Å². The van der Waals surface area contributed by atoms with Crippen LogP contribution in [0.4, 0.5) is 17.1 Å². The van der Waals surface area contributed by atoms with Gasteiger partial charge in [-0.3, -0.25) is 0 Å². The molecule has 0 radical (unpaired) electrons. The van der Waals surface area contributed by atoms with Crippen molar-refractivity contribution in [1.82, 2.24) is 0 Å². The Morgan fingerprint density at radius 3 is 1.78 bits per heavy atom. The van der Waals surface area contributed by atoms with Gasteiger partial charge in [-0.05, 0) is 86.6 Å². The van der Waals surface area contributed by atoms with Crippen LogP contribution in [-0.2, 0) is 0 Å². The van der Waals surface area contributed by atoms with Gasteiger partial charge in [0, 0.05) is 43.7 Å². The molecule has 11 rings (SSSR count). The number of benzene rings is 9. The van der Waals surface area contributed by atoms with Gasteiger partial charge in [0.1, 0.15) is 11.2 Å². The molecule has 258 valence electrons.